The summed E-state index contributed by atoms with van der Waals surface area (Å²) in [7, 11) is 0. The van der Waals surface area contributed by atoms with Crippen molar-refractivity contribution in [1.82, 2.24) is 15.2 Å². The van der Waals surface area contributed by atoms with Crippen LogP contribution in [0.5, 0.6) is 0 Å². The maximum atomic E-state index is 5.78. The molecule has 0 aliphatic carbocycles. The lowest BCUT2D eigenvalue weighted by Gasteiger charge is -2.31. The lowest BCUT2D eigenvalue weighted by atomic mass is 10.2. The number of hydrogen-bond acceptors (Lipinski definition) is 4. The molecule has 0 spiro atoms. The molecule has 0 saturated carbocycles. The third kappa shape index (κ3) is 2.67. The molecule has 1 aliphatic heterocycles. The van der Waals surface area contributed by atoms with E-state index in [4.69, 9.17) is 11.6 Å². The SMILES string of the molecule is CC1CN(Cc2cnc(Cl)s2)CCN1. The van der Waals surface area contributed by atoms with Crippen molar-refractivity contribution in [1.29, 1.82) is 0 Å². The molecule has 1 N–H and O–H groups in total. The van der Waals surface area contributed by atoms with Gasteiger partial charge < -0.3 is 5.32 Å². The molecular formula is C9H14ClN3S. The lowest BCUT2D eigenvalue weighted by molar-refractivity contribution is 0.201. The normalized spacial score (nSPS) is 24.0. The van der Waals surface area contributed by atoms with Crippen molar-refractivity contribution in [2.24, 2.45) is 0 Å². The van der Waals surface area contributed by atoms with Gasteiger partial charge in [-0.15, -0.1) is 11.3 Å². The zero-order valence-corrected chi connectivity index (χ0v) is 9.74. The highest BCUT2D eigenvalue weighted by Crippen LogP contribution is 2.19. The summed E-state index contributed by atoms with van der Waals surface area (Å²) in [5, 5.41) is 3.42. The molecule has 1 atom stereocenters. The van der Waals surface area contributed by atoms with E-state index in [9.17, 15) is 0 Å². The molecule has 1 aromatic rings. The fraction of sp³-hybridized carbons (Fsp3) is 0.667. The van der Waals surface area contributed by atoms with Crippen LogP contribution in [0, 0.1) is 0 Å². The van der Waals surface area contributed by atoms with Crippen molar-refractivity contribution in [3.05, 3.63) is 15.5 Å². The molecule has 1 aliphatic rings. The Balaban J connectivity index is 1.90. The molecule has 14 heavy (non-hydrogen) atoms. The summed E-state index contributed by atoms with van der Waals surface area (Å²) < 4.78 is 0.642. The van der Waals surface area contributed by atoms with Gasteiger partial charge in [0.2, 0.25) is 0 Å². The quantitative estimate of drug-likeness (QED) is 0.838. The van der Waals surface area contributed by atoms with Crippen molar-refractivity contribution in [3.63, 3.8) is 0 Å². The summed E-state index contributed by atoms with van der Waals surface area (Å²) in [5.41, 5.74) is 0. The predicted molar refractivity (Wildman–Crippen MR) is 59.9 cm³/mol. The molecule has 0 bridgehead atoms. The van der Waals surface area contributed by atoms with Gasteiger partial charge in [-0.1, -0.05) is 11.6 Å². The van der Waals surface area contributed by atoms with Gasteiger partial charge in [0.05, 0.1) is 0 Å². The molecular weight excluding hydrogens is 218 g/mol. The topological polar surface area (TPSA) is 28.2 Å². The highest BCUT2D eigenvalue weighted by atomic mass is 35.5. The number of aromatic nitrogens is 1. The zero-order chi connectivity index (χ0) is 9.97. The van der Waals surface area contributed by atoms with E-state index < -0.39 is 0 Å². The third-order valence-corrected chi connectivity index (χ3v) is 3.46. The van der Waals surface area contributed by atoms with Gasteiger partial charge in [-0.2, -0.15) is 0 Å². The van der Waals surface area contributed by atoms with Crippen LogP contribution in [0.4, 0.5) is 0 Å². The second kappa shape index (κ2) is 4.57. The van der Waals surface area contributed by atoms with Crippen molar-refractivity contribution in [2.45, 2.75) is 19.5 Å². The number of halogens is 1. The molecule has 1 aromatic heterocycles. The molecule has 78 valence electrons. The first-order valence-electron chi connectivity index (χ1n) is 4.80. The van der Waals surface area contributed by atoms with Crippen molar-refractivity contribution >= 4 is 22.9 Å². The zero-order valence-electron chi connectivity index (χ0n) is 8.16. The molecule has 0 amide bonds. The molecule has 1 unspecified atom stereocenters. The largest absolute Gasteiger partial charge is 0.312 e. The van der Waals surface area contributed by atoms with Gasteiger partial charge in [0.15, 0.2) is 4.47 Å². The number of hydrogen-bond donors (Lipinski definition) is 1. The molecule has 0 radical (unpaired) electrons. The van der Waals surface area contributed by atoms with Gasteiger partial charge in [0, 0.05) is 43.3 Å². The first-order valence-corrected chi connectivity index (χ1v) is 5.99. The summed E-state index contributed by atoms with van der Waals surface area (Å²) in [5.74, 6) is 0. The van der Waals surface area contributed by atoms with E-state index in [-0.39, 0.29) is 0 Å². The number of nitrogens with zero attached hydrogens (tertiary/aromatic N) is 2. The smallest absolute Gasteiger partial charge is 0.183 e. The Morgan fingerprint density at radius 3 is 3.29 bits per heavy atom. The summed E-state index contributed by atoms with van der Waals surface area (Å²) in [6, 6.07) is 0.590. The van der Waals surface area contributed by atoms with Gasteiger partial charge in [0.25, 0.3) is 0 Å². The van der Waals surface area contributed by atoms with Crippen LogP contribution in [0.3, 0.4) is 0 Å². The minimum absolute atomic E-state index is 0.590. The standard InChI is InChI=1S/C9H14ClN3S/c1-7-5-13(3-2-11-7)6-8-4-12-9(10)14-8/h4,7,11H,2-3,5-6H2,1H3. The van der Waals surface area contributed by atoms with Crippen LogP contribution in [0.15, 0.2) is 6.20 Å². The van der Waals surface area contributed by atoms with Crippen LogP contribution in [0.2, 0.25) is 4.47 Å². The summed E-state index contributed by atoms with van der Waals surface area (Å²) >= 11 is 7.36. The van der Waals surface area contributed by atoms with Crippen molar-refractivity contribution in [2.75, 3.05) is 19.6 Å². The molecule has 1 saturated heterocycles. The monoisotopic (exact) mass is 231 g/mol. The predicted octanol–water partition coefficient (Wildman–Crippen LogP) is 1.59. The molecule has 2 heterocycles. The Kier molecular flexibility index (Phi) is 3.38. The first kappa shape index (κ1) is 10.4. The summed E-state index contributed by atoms with van der Waals surface area (Å²) in [6.07, 6.45) is 1.87. The molecule has 3 nitrogen and oxygen atoms in total. The van der Waals surface area contributed by atoms with Crippen LogP contribution < -0.4 is 5.32 Å². The van der Waals surface area contributed by atoms with Gasteiger partial charge in [0.1, 0.15) is 0 Å². The Hall–Kier alpha value is -0.160. The number of rotatable bonds is 2. The van der Waals surface area contributed by atoms with Gasteiger partial charge in [-0.3, -0.25) is 4.90 Å². The third-order valence-electron chi connectivity index (χ3n) is 2.36. The van der Waals surface area contributed by atoms with E-state index in [2.05, 4.69) is 22.1 Å². The Labute approximate surface area is 93.1 Å². The van der Waals surface area contributed by atoms with Crippen LogP contribution in [0.25, 0.3) is 0 Å². The molecule has 2 rings (SSSR count). The van der Waals surface area contributed by atoms with E-state index in [1.807, 2.05) is 6.20 Å². The number of thiazole rings is 1. The highest BCUT2D eigenvalue weighted by Gasteiger charge is 2.16. The minimum atomic E-state index is 0.590. The van der Waals surface area contributed by atoms with E-state index in [1.165, 1.54) is 4.88 Å². The molecule has 5 heteroatoms. The van der Waals surface area contributed by atoms with Gasteiger partial charge in [-0.25, -0.2) is 4.98 Å². The number of nitrogens with one attached hydrogen (secondary N) is 1. The van der Waals surface area contributed by atoms with Crippen LogP contribution >= 0.6 is 22.9 Å². The Morgan fingerprint density at radius 1 is 1.79 bits per heavy atom. The second-order valence-corrected chi connectivity index (χ2v) is 5.37. The van der Waals surface area contributed by atoms with Crippen LogP contribution in [-0.4, -0.2) is 35.6 Å². The summed E-state index contributed by atoms with van der Waals surface area (Å²) in [4.78, 5) is 7.73. The molecule has 0 aromatic carbocycles. The summed E-state index contributed by atoms with van der Waals surface area (Å²) in [6.45, 7) is 6.49. The fourth-order valence-corrected chi connectivity index (χ4v) is 2.75. The highest BCUT2D eigenvalue weighted by molar-refractivity contribution is 7.15. The van der Waals surface area contributed by atoms with E-state index >= 15 is 0 Å². The van der Waals surface area contributed by atoms with Crippen LogP contribution in [-0.2, 0) is 6.54 Å². The Bertz CT molecular complexity index is 302. The first-order chi connectivity index (χ1) is 6.74. The van der Waals surface area contributed by atoms with Crippen molar-refractivity contribution < 1.29 is 0 Å². The Morgan fingerprint density at radius 2 is 2.64 bits per heavy atom. The maximum absolute atomic E-state index is 5.78. The van der Waals surface area contributed by atoms with E-state index in [1.54, 1.807) is 11.3 Å². The lowest BCUT2D eigenvalue weighted by Crippen LogP contribution is -2.48. The van der Waals surface area contributed by atoms with Gasteiger partial charge in [-0.05, 0) is 6.92 Å². The number of piperazine rings is 1. The van der Waals surface area contributed by atoms with E-state index in [0.29, 0.717) is 10.5 Å². The van der Waals surface area contributed by atoms with E-state index in [0.717, 1.165) is 26.2 Å². The molecule has 1 fully saturated rings. The van der Waals surface area contributed by atoms with Crippen molar-refractivity contribution in [3.8, 4) is 0 Å². The average Bonchev–Trinajstić information content (AvgIpc) is 2.51. The maximum Gasteiger partial charge on any atom is 0.183 e. The fourth-order valence-electron chi connectivity index (χ4n) is 1.73. The average molecular weight is 232 g/mol. The van der Waals surface area contributed by atoms with Crippen LogP contribution in [0.1, 0.15) is 11.8 Å². The van der Waals surface area contributed by atoms with Gasteiger partial charge >= 0.3 is 0 Å². The minimum Gasteiger partial charge on any atom is -0.312 e. The second-order valence-electron chi connectivity index (χ2n) is 3.67.